The van der Waals surface area contributed by atoms with Crippen molar-refractivity contribution < 1.29 is 9.59 Å². The first-order chi connectivity index (χ1) is 13.2. The third-order valence-electron chi connectivity index (χ3n) is 5.60. The minimum Gasteiger partial charge on any atom is -0.342 e. The number of likely N-dealkylation sites (tertiary alicyclic amines) is 1. The minimum atomic E-state index is 0.0643. The Labute approximate surface area is 160 Å². The van der Waals surface area contributed by atoms with Gasteiger partial charge < -0.3 is 10.2 Å². The van der Waals surface area contributed by atoms with E-state index in [-0.39, 0.29) is 5.91 Å². The Morgan fingerprint density at radius 1 is 0.852 bits per heavy atom. The van der Waals surface area contributed by atoms with Crippen LogP contribution < -0.4 is 5.32 Å². The monoisotopic (exact) mass is 362 g/mol. The molecular weight excluding hydrogens is 336 g/mol. The fraction of sp³-hybridized carbons (Fsp3) is 0.391. The van der Waals surface area contributed by atoms with Crippen molar-refractivity contribution in [1.29, 1.82) is 0 Å². The fourth-order valence-electron chi connectivity index (χ4n) is 3.80. The van der Waals surface area contributed by atoms with Gasteiger partial charge in [0.15, 0.2) is 0 Å². The number of benzene rings is 2. The maximum atomic E-state index is 12.4. The van der Waals surface area contributed by atoms with E-state index in [1.807, 2.05) is 47.4 Å². The molecule has 0 unspecified atom stereocenters. The number of anilines is 1. The summed E-state index contributed by atoms with van der Waals surface area (Å²) in [5.74, 6) is 1.06. The van der Waals surface area contributed by atoms with Crippen LogP contribution >= 0.6 is 0 Å². The van der Waals surface area contributed by atoms with Gasteiger partial charge in [0, 0.05) is 31.1 Å². The molecule has 0 atom stereocenters. The first-order valence-corrected chi connectivity index (χ1v) is 9.93. The van der Waals surface area contributed by atoms with Gasteiger partial charge >= 0.3 is 0 Å². The number of piperidine rings is 1. The van der Waals surface area contributed by atoms with E-state index in [9.17, 15) is 9.59 Å². The minimum absolute atomic E-state index is 0.0643. The number of nitrogens with one attached hydrogen (secondary N) is 1. The highest BCUT2D eigenvalue weighted by atomic mass is 16.2. The lowest BCUT2D eigenvalue weighted by Crippen LogP contribution is -2.40. The van der Waals surface area contributed by atoms with Gasteiger partial charge in [0.2, 0.25) is 11.8 Å². The van der Waals surface area contributed by atoms with Crippen LogP contribution in [0.5, 0.6) is 0 Å². The van der Waals surface area contributed by atoms with E-state index < -0.39 is 0 Å². The van der Waals surface area contributed by atoms with Gasteiger partial charge in [-0.25, -0.2) is 0 Å². The Bertz CT molecular complexity index is 789. The average Bonchev–Trinajstić information content (AvgIpc) is 3.55. The maximum absolute atomic E-state index is 12.4. The molecule has 1 saturated carbocycles. The summed E-state index contributed by atoms with van der Waals surface area (Å²) >= 11 is 0. The second-order valence-corrected chi connectivity index (χ2v) is 7.74. The van der Waals surface area contributed by atoms with Gasteiger partial charge in [-0.3, -0.25) is 9.59 Å². The fourth-order valence-corrected chi connectivity index (χ4v) is 3.80. The summed E-state index contributed by atoms with van der Waals surface area (Å²) in [7, 11) is 0. The summed E-state index contributed by atoms with van der Waals surface area (Å²) in [6, 6.07) is 18.2. The van der Waals surface area contributed by atoms with Gasteiger partial charge in [-0.05, 0) is 54.9 Å². The van der Waals surface area contributed by atoms with Crippen molar-refractivity contribution in [2.45, 2.75) is 32.1 Å². The maximum Gasteiger partial charge on any atom is 0.225 e. The summed E-state index contributed by atoms with van der Waals surface area (Å²) in [6.07, 6.45) is 4.51. The molecule has 27 heavy (non-hydrogen) atoms. The predicted molar refractivity (Wildman–Crippen MR) is 107 cm³/mol. The summed E-state index contributed by atoms with van der Waals surface area (Å²) < 4.78 is 0. The highest BCUT2D eigenvalue weighted by Gasteiger charge is 2.35. The van der Waals surface area contributed by atoms with Gasteiger partial charge in [0.1, 0.15) is 0 Å². The number of hydrogen-bond acceptors (Lipinski definition) is 2. The zero-order chi connectivity index (χ0) is 18.6. The lowest BCUT2D eigenvalue weighted by atomic mass is 9.93. The number of hydrogen-bond donors (Lipinski definition) is 1. The van der Waals surface area contributed by atoms with E-state index in [1.54, 1.807) is 0 Å². The van der Waals surface area contributed by atoms with Crippen molar-refractivity contribution in [2.75, 3.05) is 18.4 Å². The Kier molecular flexibility index (Phi) is 5.23. The lowest BCUT2D eigenvalue weighted by molar-refractivity contribution is -0.134. The van der Waals surface area contributed by atoms with Crippen molar-refractivity contribution in [3.8, 4) is 11.1 Å². The van der Waals surface area contributed by atoms with E-state index in [1.165, 1.54) is 5.56 Å². The van der Waals surface area contributed by atoms with Gasteiger partial charge in [-0.1, -0.05) is 42.5 Å². The first kappa shape index (κ1) is 17.8. The molecule has 1 heterocycles. The Hall–Kier alpha value is -2.62. The molecule has 2 amide bonds. The van der Waals surface area contributed by atoms with Gasteiger partial charge in [-0.2, -0.15) is 0 Å². The van der Waals surface area contributed by atoms with Crippen LogP contribution in [0.4, 0.5) is 5.69 Å². The Morgan fingerprint density at radius 2 is 1.48 bits per heavy atom. The molecule has 0 radical (unpaired) electrons. The van der Waals surface area contributed by atoms with Crippen LogP contribution in [0.15, 0.2) is 54.6 Å². The number of nitrogens with zero attached hydrogens (tertiary/aromatic N) is 1. The largest absolute Gasteiger partial charge is 0.342 e. The molecule has 1 saturated heterocycles. The highest BCUT2D eigenvalue weighted by Crippen LogP contribution is 2.33. The predicted octanol–water partition coefficient (Wildman–Crippen LogP) is 4.33. The molecule has 1 aliphatic heterocycles. The summed E-state index contributed by atoms with van der Waals surface area (Å²) in [4.78, 5) is 26.5. The number of carbonyl (C=O) groups excluding carboxylic acids is 2. The van der Waals surface area contributed by atoms with Gasteiger partial charge in [0.25, 0.3) is 0 Å². The number of amides is 2. The van der Waals surface area contributed by atoms with Crippen molar-refractivity contribution in [3.63, 3.8) is 0 Å². The smallest absolute Gasteiger partial charge is 0.225 e. The summed E-state index contributed by atoms with van der Waals surface area (Å²) in [5.41, 5.74) is 3.14. The van der Waals surface area contributed by atoms with Crippen molar-refractivity contribution >= 4 is 17.5 Å². The van der Waals surface area contributed by atoms with Crippen LogP contribution in [-0.2, 0) is 9.59 Å². The summed E-state index contributed by atoms with van der Waals surface area (Å²) in [6.45, 7) is 1.61. The van der Waals surface area contributed by atoms with Crippen molar-refractivity contribution in [3.05, 3.63) is 54.6 Å². The van der Waals surface area contributed by atoms with Gasteiger partial charge in [0.05, 0.1) is 0 Å². The third kappa shape index (κ3) is 4.57. The molecule has 1 N–H and O–H groups in total. The van der Waals surface area contributed by atoms with Crippen LogP contribution in [0.2, 0.25) is 0 Å². The average molecular weight is 362 g/mol. The van der Waals surface area contributed by atoms with E-state index >= 15 is 0 Å². The van der Waals surface area contributed by atoms with E-state index in [0.29, 0.717) is 24.2 Å². The molecular formula is C23H26N2O2. The zero-order valence-electron chi connectivity index (χ0n) is 15.6. The van der Waals surface area contributed by atoms with Crippen molar-refractivity contribution in [2.24, 2.45) is 11.8 Å². The van der Waals surface area contributed by atoms with E-state index in [2.05, 4.69) is 17.4 Å². The topological polar surface area (TPSA) is 49.4 Å². The molecule has 2 aromatic carbocycles. The number of rotatable bonds is 5. The van der Waals surface area contributed by atoms with Crippen LogP contribution in [0.1, 0.15) is 32.1 Å². The van der Waals surface area contributed by atoms with Crippen molar-refractivity contribution in [1.82, 2.24) is 4.90 Å². The second kappa shape index (κ2) is 7.95. The molecule has 140 valence electrons. The first-order valence-electron chi connectivity index (χ1n) is 9.93. The third-order valence-corrected chi connectivity index (χ3v) is 5.60. The summed E-state index contributed by atoms with van der Waals surface area (Å²) in [5, 5.41) is 3.01. The molecule has 0 aromatic heterocycles. The lowest BCUT2D eigenvalue weighted by Gasteiger charge is -2.31. The quantitative estimate of drug-likeness (QED) is 0.861. The van der Waals surface area contributed by atoms with E-state index in [0.717, 1.165) is 50.0 Å². The van der Waals surface area contributed by atoms with Crippen LogP contribution in [0.25, 0.3) is 11.1 Å². The second-order valence-electron chi connectivity index (χ2n) is 7.74. The SMILES string of the molecule is O=C(CC1CCN(C(=O)C2CC2)CC1)Nc1ccc(-c2ccccc2)cc1. The molecule has 0 bridgehead atoms. The zero-order valence-corrected chi connectivity index (χ0v) is 15.6. The number of carbonyl (C=O) groups is 2. The molecule has 4 nitrogen and oxygen atoms in total. The molecule has 1 aliphatic carbocycles. The van der Waals surface area contributed by atoms with Gasteiger partial charge in [-0.15, -0.1) is 0 Å². The Morgan fingerprint density at radius 3 is 2.11 bits per heavy atom. The molecule has 2 fully saturated rings. The normalized spacial score (nSPS) is 17.6. The molecule has 2 aromatic rings. The molecule has 0 spiro atoms. The molecule has 4 rings (SSSR count). The van der Waals surface area contributed by atoms with Crippen LogP contribution in [0, 0.1) is 11.8 Å². The van der Waals surface area contributed by atoms with Crippen LogP contribution in [-0.4, -0.2) is 29.8 Å². The molecule has 2 aliphatic rings. The highest BCUT2D eigenvalue weighted by molar-refractivity contribution is 5.91. The molecule has 4 heteroatoms. The van der Waals surface area contributed by atoms with E-state index in [4.69, 9.17) is 0 Å². The standard InChI is InChI=1S/C23H26N2O2/c26-22(16-17-12-14-25(15-13-17)23(27)20-6-7-20)24-21-10-8-19(9-11-21)18-4-2-1-3-5-18/h1-5,8-11,17,20H,6-7,12-16H2,(H,24,26). The van der Waals surface area contributed by atoms with Crippen LogP contribution in [0.3, 0.4) is 0 Å². The Balaban J connectivity index is 1.25.